The molecule has 5 nitrogen and oxygen atoms in total. The van der Waals surface area contributed by atoms with Gasteiger partial charge in [0.15, 0.2) is 0 Å². The number of aliphatic hydroxyl groups excluding tert-OH is 1. The van der Waals surface area contributed by atoms with E-state index in [1.807, 2.05) is 0 Å². The van der Waals surface area contributed by atoms with E-state index < -0.39 is 11.9 Å². The lowest BCUT2D eigenvalue weighted by atomic mass is 9.92. The van der Waals surface area contributed by atoms with Crippen molar-refractivity contribution >= 4 is 17.9 Å². The Morgan fingerprint density at radius 3 is 2.93 bits per heavy atom. The van der Waals surface area contributed by atoms with Crippen LogP contribution < -0.4 is 0 Å². The number of rotatable bonds is 1. The van der Waals surface area contributed by atoms with Crippen molar-refractivity contribution in [3.05, 3.63) is 35.3 Å². The number of hydrogen-bond donors (Lipinski definition) is 3. The van der Waals surface area contributed by atoms with Crippen molar-refractivity contribution in [2.75, 3.05) is 0 Å². The van der Waals surface area contributed by atoms with Crippen LogP contribution in [0.5, 0.6) is 0 Å². The third kappa shape index (κ3) is 1.48. The summed E-state index contributed by atoms with van der Waals surface area (Å²) in [7, 11) is 0. The number of carboxylic acid groups (broad SMARTS) is 1. The highest BCUT2D eigenvalue weighted by molar-refractivity contribution is 6.11. The lowest BCUT2D eigenvalue weighted by Crippen LogP contribution is -2.19. The first-order valence-electron chi connectivity index (χ1n) is 4.28. The summed E-state index contributed by atoms with van der Waals surface area (Å²) in [5.41, 5.74) is 0.574. The Balaban J connectivity index is 2.46. The van der Waals surface area contributed by atoms with Crippen LogP contribution in [0, 0.1) is 11.3 Å². The van der Waals surface area contributed by atoms with Gasteiger partial charge in [-0.1, -0.05) is 6.08 Å². The molecule has 1 aliphatic heterocycles. The molecule has 0 amide bonds. The molecule has 0 aromatic carbocycles. The molecule has 15 heavy (non-hydrogen) atoms. The van der Waals surface area contributed by atoms with Crippen molar-refractivity contribution in [2.45, 2.75) is 0 Å². The Bertz CT molecular complexity index is 469. The van der Waals surface area contributed by atoms with E-state index in [1.165, 1.54) is 12.2 Å². The zero-order chi connectivity index (χ0) is 11.0. The van der Waals surface area contributed by atoms with E-state index in [0.717, 1.165) is 6.21 Å². The maximum atomic E-state index is 10.7. The number of hydrogen-bond acceptors (Lipinski definition) is 4. The molecule has 76 valence electrons. The van der Waals surface area contributed by atoms with Gasteiger partial charge in [0, 0.05) is 6.21 Å². The third-order valence-corrected chi connectivity index (χ3v) is 2.23. The van der Waals surface area contributed by atoms with Crippen molar-refractivity contribution in [1.29, 1.82) is 5.41 Å². The maximum Gasteiger partial charge on any atom is 0.340 e. The van der Waals surface area contributed by atoms with Gasteiger partial charge < -0.3 is 15.6 Å². The monoisotopic (exact) mass is 204 g/mol. The molecule has 5 heteroatoms. The molecule has 0 aromatic heterocycles. The minimum absolute atomic E-state index is 0.199. The van der Waals surface area contributed by atoms with Gasteiger partial charge in [-0.15, -0.1) is 0 Å². The molecule has 1 heterocycles. The fraction of sp³-hybridized carbons (Fsp3) is 0.100. The minimum Gasteiger partial charge on any atom is -0.510 e. The zero-order valence-corrected chi connectivity index (χ0v) is 7.64. The van der Waals surface area contributed by atoms with Gasteiger partial charge in [-0.25, -0.2) is 4.79 Å². The molecule has 0 saturated heterocycles. The molecule has 0 bridgehead atoms. The molecule has 0 fully saturated rings. The van der Waals surface area contributed by atoms with Gasteiger partial charge in [0.25, 0.3) is 0 Å². The average molecular weight is 204 g/mol. The first-order chi connectivity index (χ1) is 7.09. The molecule has 3 N–H and O–H groups in total. The quantitative estimate of drug-likeness (QED) is 0.596. The number of aliphatic imine (C=N–C) groups is 1. The Morgan fingerprint density at radius 1 is 1.53 bits per heavy atom. The number of aliphatic hydroxyl groups is 1. The van der Waals surface area contributed by atoms with Crippen LogP contribution in [0.15, 0.2) is 40.2 Å². The second-order valence-corrected chi connectivity index (χ2v) is 3.22. The predicted octanol–water partition coefficient (Wildman–Crippen LogP) is 1.06. The molecular weight excluding hydrogens is 196 g/mol. The van der Waals surface area contributed by atoms with Crippen LogP contribution in [0.25, 0.3) is 0 Å². The number of carbonyl (C=O) groups is 1. The number of nitrogens with one attached hydrogen (secondary N) is 1. The van der Waals surface area contributed by atoms with Crippen LogP contribution in [0.4, 0.5) is 0 Å². The van der Waals surface area contributed by atoms with Crippen molar-refractivity contribution in [1.82, 2.24) is 0 Å². The first kappa shape index (κ1) is 9.39. The fourth-order valence-electron chi connectivity index (χ4n) is 1.48. The van der Waals surface area contributed by atoms with E-state index in [-0.39, 0.29) is 17.0 Å². The minimum atomic E-state index is -1.20. The smallest absolute Gasteiger partial charge is 0.340 e. The molecule has 1 unspecified atom stereocenters. The summed E-state index contributed by atoms with van der Waals surface area (Å²) >= 11 is 0. The molecule has 2 rings (SSSR count). The van der Waals surface area contributed by atoms with Crippen LogP contribution in [-0.2, 0) is 4.79 Å². The van der Waals surface area contributed by atoms with E-state index >= 15 is 0 Å². The van der Waals surface area contributed by atoms with Crippen molar-refractivity contribution in [3.8, 4) is 0 Å². The molecule has 0 radical (unpaired) electrons. The van der Waals surface area contributed by atoms with Gasteiger partial charge in [-0.05, 0) is 12.2 Å². The largest absolute Gasteiger partial charge is 0.510 e. The predicted molar refractivity (Wildman–Crippen MR) is 54.2 cm³/mol. The third-order valence-electron chi connectivity index (χ3n) is 2.23. The number of dihydropyridines is 1. The summed E-state index contributed by atoms with van der Waals surface area (Å²) in [5.74, 6) is -1.97. The molecule has 0 aromatic rings. The normalized spacial score (nSPS) is 23.9. The summed E-state index contributed by atoms with van der Waals surface area (Å²) in [6, 6.07) is 0. The lowest BCUT2D eigenvalue weighted by molar-refractivity contribution is -0.132. The molecule has 0 saturated carbocycles. The van der Waals surface area contributed by atoms with E-state index in [1.54, 1.807) is 6.08 Å². The van der Waals surface area contributed by atoms with Crippen LogP contribution in [0.2, 0.25) is 0 Å². The van der Waals surface area contributed by atoms with Crippen LogP contribution in [0.1, 0.15) is 0 Å². The lowest BCUT2D eigenvalue weighted by Gasteiger charge is -2.20. The molecule has 1 atom stereocenters. The molecule has 1 aliphatic carbocycles. The second kappa shape index (κ2) is 3.20. The SMILES string of the molecule is N=C1C=CC2C(=C1)N=CC(C(=O)O)=C2O. The summed E-state index contributed by atoms with van der Waals surface area (Å²) in [6.45, 7) is 0. The van der Waals surface area contributed by atoms with Crippen molar-refractivity contribution in [2.24, 2.45) is 10.9 Å². The fourth-order valence-corrected chi connectivity index (χ4v) is 1.48. The van der Waals surface area contributed by atoms with Crippen LogP contribution in [0.3, 0.4) is 0 Å². The van der Waals surface area contributed by atoms with Gasteiger partial charge in [-0.2, -0.15) is 0 Å². The summed E-state index contributed by atoms with van der Waals surface area (Å²) in [6.07, 6.45) is 5.67. The number of aliphatic carboxylic acids is 1. The molecule has 2 aliphatic rings. The number of carboxylic acids is 1. The summed E-state index contributed by atoms with van der Waals surface area (Å²) < 4.78 is 0. The van der Waals surface area contributed by atoms with Crippen LogP contribution >= 0.6 is 0 Å². The summed E-state index contributed by atoms with van der Waals surface area (Å²) in [5, 5.41) is 25.8. The topological polar surface area (TPSA) is 93.7 Å². The first-order valence-corrected chi connectivity index (χ1v) is 4.28. The highest BCUT2D eigenvalue weighted by Crippen LogP contribution is 2.29. The van der Waals surface area contributed by atoms with Gasteiger partial charge in [0.2, 0.25) is 0 Å². The van der Waals surface area contributed by atoms with E-state index in [9.17, 15) is 9.90 Å². The van der Waals surface area contributed by atoms with Crippen molar-refractivity contribution in [3.63, 3.8) is 0 Å². The number of nitrogens with zero attached hydrogens (tertiary/aromatic N) is 1. The Labute approximate surface area is 85.3 Å². The molecule has 0 spiro atoms. The Kier molecular flexibility index (Phi) is 2.00. The van der Waals surface area contributed by atoms with Gasteiger partial charge in [0.05, 0.1) is 17.3 Å². The standard InChI is InChI=1S/C10H8N2O3/c11-5-1-2-6-8(3-5)12-4-7(9(6)13)10(14)15/h1-4,6,11,13H,(H,14,15). The maximum absolute atomic E-state index is 10.7. The Morgan fingerprint density at radius 2 is 2.27 bits per heavy atom. The van der Waals surface area contributed by atoms with Crippen molar-refractivity contribution < 1.29 is 15.0 Å². The highest BCUT2D eigenvalue weighted by Gasteiger charge is 2.27. The zero-order valence-electron chi connectivity index (χ0n) is 7.64. The summed E-state index contributed by atoms with van der Waals surface area (Å²) in [4.78, 5) is 14.6. The second-order valence-electron chi connectivity index (χ2n) is 3.22. The van der Waals surface area contributed by atoms with E-state index in [4.69, 9.17) is 10.5 Å². The highest BCUT2D eigenvalue weighted by atomic mass is 16.4. The Hall–Kier alpha value is -2.17. The van der Waals surface area contributed by atoms with Gasteiger partial charge >= 0.3 is 5.97 Å². The molecular formula is C10H8N2O3. The van der Waals surface area contributed by atoms with E-state index in [2.05, 4.69) is 4.99 Å². The van der Waals surface area contributed by atoms with Crippen LogP contribution in [-0.4, -0.2) is 28.1 Å². The average Bonchev–Trinajstić information content (AvgIpc) is 2.17. The van der Waals surface area contributed by atoms with Gasteiger partial charge in [0.1, 0.15) is 11.3 Å². The van der Waals surface area contributed by atoms with Gasteiger partial charge in [-0.3, -0.25) is 4.99 Å². The van der Waals surface area contributed by atoms with E-state index in [0.29, 0.717) is 5.70 Å². The number of allylic oxidation sites excluding steroid dienone is 2. The number of fused-ring (bicyclic) bond motifs is 1.